The smallest absolute Gasteiger partial charge is 0.242 e. The van der Waals surface area contributed by atoms with Crippen molar-refractivity contribution < 1.29 is 9.59 Å². The normalized spacial score (nSPS) is 11.9. The number of hydrogen-bond acceptors (Lipinski definition) is 2. The van der Waals surface area contributed by atoms with Gasteiger partial charge in [-0.15, -0.1) is 0 Å². The summed E-state index contributed by atoms with van der Waals surface area (Å²) in [6, 6.07) is 9.50. The van der Waals surface area contributed by atoms with Crippen LogP contribution < -0.4 is 10.6 Å². The maximum atomic E-state index is 11.8. The van der Waals surface area contributed by atoms with Crippen LogP contribution in [0.2, 0.25) is 0 Å². The average molecular weight is 248 g/mol. The number of carbonyl (C=O) groups is 2. The topological polar surface area (TPSA) is 58.2 Å². The SMILES string of the molecule is CC(C)[C@H](NC=O)C(=O)NCCc1ccccc1. The van der Waals surface area contributed by atoms with Gasteiger partial charge in [-0.2, -0.15) is 0 Å². The van der Waals surface area contributed by atoms with E-state index in [9.17, 15) is 9.59 Å². The molecule has 4 heteroatoms. The predicted molar refractivity (Wildman–Crippen MR) is 71.0 cm³/mol. The molecule has 0 aliphatic heterocycles. The molecule has 0 saturated carbocycles. The van der Waals surface area contributed by atoms with Crippen molar-refractivity contribution in [1.82, 2.24) is 10.6 Å². The third-order valence-electron chi connectivity index (χ3n) is 2.75. The molecule has 0 saturated heterocycles. The molecule has 0 aromatic heterocycles. The fourth-order valence-corrected chi connectivity index (χ4v) is 1.73. The van der Waals surface area contributed by atoms with Crippen LogP contribution in [-0.2, 0) is 16.0 Å². The van der Waals surface area contributed by atoms with Crippen molar-refractivity contribution in [3.05, 3.63) is 35.9 Å². The Balaban J connectivity index is 2.38. The largest absolute Gasteiger partial charge is 0.354 e. The summed E-state index contributed by atoms with van der Waals surface area (Å²) in [4.78, 5) is 22.3. The number of benzene rings is 1. The summed E-state index contributed by atoms with van der Waals surface area (Å²) in [6.45, 7) is 4.38. The first kappa shape index (κ1) is 14.2. The fourth-order valence-electron chi connectivity index (χ4n) is 1.73. The molecule has 0 aliphatic rings. The van der Waals surface area contributed by atoms with E-state index in [-0.39, 0.29) is 11.8 Å². The third-order valence-corrected chi connectivity index (χ3v) is 2.75. The van der Waals surface area contributed by atoms with Gasteiger partial charge in [0, 0.05) is 6.54 Å². The van der Waals surface area contributed by atoms with E-state index in [1.54, 1.807) is 0 Å². The van der Waals surface area contributed by atoms with Crippen LogP contribution in [0.1, 0.15) is 19.4 Å². The standard InChI is InChI=1S/C14H20N2O2/c1-11(2)13(16-10-17)14(18)15-9-8-12-6-4-3-5-7-12/h3-7,10-11,13H,8-9H2,1-2H3,(H,15,18)(H,16,17)/t13-/m0/s1. The van der Waals surface area contributed by atoms with Crippen molar-refractivity contribution >= 4 is 12.3 Å². The van der Waals surface area contributed by atoms with E-state index >= 15 is 0 Å². The second kappa shape index (κ2) is 7.48. The summed E-state index contributed by atoms with van der Waals surface area (Å²) in [5, 5.41) is 5.37. The molecule has 2 N–H and O–H groups in total. The quantitative estimate of drug-likeness (QED) is 0.710. The Labute approximate surface area is 108 Å². The van der Waals surface area contributed by atoms with E-state index in [0.717, 1.165) is 6.42 Å². The summed E-state index contributed by atoms with van der Waals surface area (Å²) in [7, 11) is 0. The van der Waals surface area contributed by atoms with E-state index in [1.807, 2.05) is 44.2 Å². The van der Waals surface area contributed by atoms with Crippen molar-refractivity contribution in [3.8, 4) is 0 Å². The maximum Gasteiger partial charge on any atom is 0.242 e. The van der Waals surface area contributed by atoms with Gasteiger partial charge in [-0.25, -0.2) is 0 Å². The molecule has 18 heavy (non-hydrogen) atoms. The zero-order valence-electron chi connectivity index (χ0n) is 10.8. The van der Waals surface area contributed by atoms with Crippen molar-refractivity contribution in [3.63, 3.8) is 0 Å². The zero-order valence-corrected chi connectivity index (χ0v) is 10.8. The van der Waals surface area contributed by atoms with Crippen LogP contribution in [0.25, 0.3) is 0 Å². The lowest BCUT2D eigenvalue weighted by molar-refractivity contribution is -0.126. The van der Waals surface area contributed by atoms with Gasteiger partial charge in [0.05, 0.1) is 0 Å². The molecule has 0 heterocycles. The van der Waals surface area contributed by atoms with E-state index in [4.69, 9.17) is 0 Å². The molecule has 98 valence electrons. The van der Waals surface area contributed by atoms with E-state index in [0.29, 0.717) is 13.0 Å². The Morgan fingerprint density at radius 3 is 2.50 bits per heavy atom. The van der Waals surface area contributed by atoms with Crippen molar-refractivity contribution in [2.45, 2.75) is 26.3 Å². The summed E-state index contributed by atoms with van der Waals surface area (Å²) in [6.07, 6.45) is 1.36. The van der Waals surface area contributed by atoms with E-state index in [1.165, 1.54) is 5.56 Å². The first-order chi connectivity index (χ1) is 8.65. The molecule has 0 aliphatic carbocycles. The highest BCUT2D eigenvalue weighted by atomic mass is 16.2. The second-order valence-electron chi connectivity index (χ2n) is 4.53. The number of hydrogen-bond donors (Lipinski definition) is 2. The van der Waals surface area contributed by atoms with Gasteiger partial charge in [-0.1, -0.05) is 44.2 Å². The Kier molecular flexibility index (Phi) is 5.91. The molecule has 1 aromatic carbocycles. The third kappa shape index (κ3) is 4.57. The van der Waals surface area contributed by atoms with Crippen molar-refractivity contribution in [2.75, 3.05) is 6.54 Å². The first-order valence-corrected chi connectivity index (χ1v) is 6.16. The number of nitrogens with one attached hydrogen (secondary N) is 2. The van der Waals surface area contributed by atoms with Gasteiger partial charge < -0.3 is 10.6 Å². The summed E-state index contributed by atoms with van der Waals surface area (Å²) < 4.78 is 0. The van der Waals surface area contributed by atoms with Crippen LogP contribution >= 0.6 is 0 Å². The molecule has 1 atom stereocenters. The molecule has 0 fully saturated rings. The Morgan fingerprint density at radius 2 is 1.94 bits per heavy atom. The van der Waals surface area contributed by atoms with E-state index in [2.05, 4.69) is 10.6 Å². The maximum absolute atomic E-state index is 11.8. The average Bonchev–Trinajstić information content (AvgIpc) is 2.36. The van der Waals surface area contributed by atoms with Gasteiger partial charge in [0.15, 0.2) is 0 Å². The highest BCUT2D eigenvalue weighted by Crippen LogP contribution is 2.02. The summed E-state index contributed by atoms with van der Waals surface area (Å²) in [5.74, 6) is -0.0556. The van der Waals surface area contributed by atoms with Gasteiger partial charge in [-0.05, 0) is 17.9 Å². The Morgan fingerprint density at radius 1 is 1.28 bits per heavy atom. The molecule has 4 nitrogen and oxygen atoms in total. The highest BCUT2D eigenvalue weighted by molar-refractivity contribution is 5.83. The Hall–Kier alpha value is -1.84. The van der Waals surface area contributed by atoms with Gasteiger partial charge in [0.2, 0.25) is 12.3 Å². The zero-order chi connectivity index (χ0) is 13.4. The minimum atomic E-state index is -0.460. The van der Waals surface area contributed by atoms with Crippen LogP contribution in [0.4, 0.5) is 0 Å². The number of rotatable bonds is 7. The van der Waals surface area contributed by atoms with Crippen molar-refractivity contribution in [1.29, 1.82) is 0 Å². The number of amides is 2. The molecule has 2 amide bonds. The molecule has 0 radical (unpaired) electrons. The lowest BCUT2D eigenvalue weighted by atomic mass is 10.0. The summed E-state index contributed by atoms with van der Waals surface area (Å²) in [5.41, 5.74) is 1.18. The lowest BCUT2D eigenvalue weighted by Crippen LogP contribution is -2.47. The van der Waals surface area contributed by atoms with E-state index < -0.39 is 6.04 Å². The predicted octanol–water partition coefficient (Wildman–Crippen LogP) is 1.12. The van der Waals surface area contributed by atoms with Crippen molar-refractivity contribution in [2.24, 2.45) is 5.92 Å². The molecule has 0 unspecified atom stereocenters. The van der Waals surface area contributed by atoms with Crippen LogP contribution in [-0.4, -0.2) is 24.9 Å². The number of carbonyl (C=O) groups excluding carboxylic acids is 2. The van der Waals surface area contributed by atoms with Gasteiger partial charge in [-0.3, -0.25) is 9.59 Å². The molecule has 1 rings (SSSR count). The summed E-state index contributed by atoms with van der Waals surface area (Å²) >= 11 is 0. The van der Waals surface area contributed by atoms with Crippen LogP contribution in [0.15, 0.2) is 30.3 Å². The Bertz CT molecular complexity index is 377. The highest BCUT2D eigenvalue weighted by Gasteiger charge is 2.20. The molecule has 0 bridgehead atoms. The minimum Gasteiger partial charge on any atom is -0.354 e. The van der Waals surface area contributed by atoms with Crippen LogP contribution in [0.3, 0.4) is 0 Å². The molecule has 0 spiro atoms. The lowest BCUT2D eigenvalue weighted by Gasteiger charge is -2.19. The second-order valence-corrected chi connectivity index (χ2v) is 4.53. The van der Waals surface area contributed by atoms with Crippen LogP contribution in [0, 0.1) is 5.92 Å². The van der Waals surface area contributed by atoms with Gasteiger partial charge in [0.1, 0.15) is 6.04 Å². The van der Waals surface area contributed by atoms with Crippen LogP contribution in [0.5, 0.6) is 0 Å². The van der Waals surface area contributed by atoms with Gasteiger partial charge in [0.25, 0.3) is 0 Å². The van der Waals surface area contributed by atoms with Gasteiger partial charge >= 0.3 is 0 Å². The monoisotopic (exact) mass is 248 g/mol. The fraction of sp³-hybridized carbons (Fsp3) is 0.429. The minimum absolute atomic E-state index is 0.0759. The molecular formula is C14H20N2O2. The molecule has 1 aromatic rings. The first-order valence-electron chi connectivity index (χ1n) is 6.16. The molecular weight excluding hydrogens is 228 g/mol.